The Kier molecular flexibility index (Phi) is 3.47. The SMILES string of the molecule is O=C(C[NH+]1CCCC1)Nc1cccc2ccccc12. The van der Waals surface area contributed by atoms with Crippen LogP contribution in [0.5, 0.6) is 0 Å². The highest BCUT2D eigenvalue weighted by molar-refractivity contribution is 6.02. The Labute approximate surface area is 113 Å². The molecule has 1 amide bonds. The highest BCUT2D eigenvalue weighted by atomic mass is 16.2. The van der Waals surface area contributed by atoms with Crippen LogP contribution in [0, 0.1) is 0 Å². The molecule has 3 rings (SSSR count). The topological polar surface area (TPSA) is 33.5 Å². The fourth-order valence-corrected chi connectivity index (χ4v) is 2.81. The maximum absolute atomic E-state index is 12.1. The smallest absolute Gasteiger partial charge is 0.279 e. The Morgan fingerprint density at radius 2 is 1.79 bits per heavy atom. The molecule has 98 valence electrons. The first-order valence-corrected chi connectivity index (χ1v) is 6.94. The molecule has 0 atom stereocenters. The molecule has 1 saturated heterocycles. The Morgan fingerprint density at radius 1 is 1.05 bits per heavy atom. The number of likely N-dealkylation sites (tertiary alicyclic amines) is 1. The van der Waals surface area contributed by atoms with E-state index in [-0.39, 0.29) is 5.91 Å². The predicted molar refractivity (Wildman–Crippen MR) is 77.4 cm³/mol. The first kappa shape index (κ1) is 12.2. The van der Waals surface area contributed by atoms with Crippen molar-refractivity contribution in [1.82, 2.24) is 0 Å². The van der Waals surface area contributed by atoms with Crippen LogP contribution in [0.2, 0.25) is 0 Å². The summed E-state index contributed by atoms with van der Waals surface area (Å²) in [6.07, 6.45) is 2.49. The predicted octanol–water partition coefficient (Wildman–Crippen LogP) is 1.46. The van der Waals surface area contributed by atoms with Crippen molar-refractivity contribution < 1.29 is 9.69 Å². The fourth-order valence-electron chi connectivity index (χ4n) is 2.81. The van der Waals surface area contributed by atoms with E-state index in [4.69, 9.17) is 0 Å². The maximum Gasteiger partial charge on any atom is 0.279 e. The molecular weight excluding hydrogens is 236 g/mol. The van der Waals surface area contributed by atoms with Gasteiger partial charge in [-0.15, -0.1) is 0 Å². The molecule has 2 aromatic carbocycles. The first-order valence-electron chi connectivity index (χ1n) is 6.94. The molecule has 0 aromatic heterocycles. The fraction of sp³-hybridized carbons (Fsp3) is 0.312. The summed E-state index contributed by atoms with van der Waals surface area (Å²) in [5, 5.41) is 5.32. The Bertz CT molecular complexity index is 583. The van der Waals surface area contributed by atoms with Crippen molar-refractivity contribution >= 4 is 22.4 Å². The lowest BCUT2D eigenvalue weighted by Gasteiger charge is -2.13. The van der Waals surface area contributed by atoms with Crippen LogP contribution in [0.1, 0.15) is 12.8 Å². The van der Waals surface area contributed by atoms with Gasteiger partial charge in [0.05, 0.1) is 13.1 Å². The molecule has 0 spiro atoms. The van der Waals surface area contributed by atoms with Crippen molar-refractivity contribution in [3.8, 4) is 0 Å². The molecular formula is C16H19N2O+. The van der Waals surface area contributed by atoms with Crippen molar-refractivity contribution in [2.24, 2.45) is 0 Å². The number of anilines is 1. The van der Waals surface area contributed by atoms with Crippen LogP contribution in [0.3, 0.4) is 0 Å². The zero-order valence-corrected chi connectivity index (χ0v) is 11.0. The molecule has 1 heterocycles. The van der Waals surface area contributed by atoms with E-state index in [2.05, 4.69) is 17.4 Å². The molecule has 0 aliphatic carbocycles. The van der Waals surface area contributed by atoms with E-state index in [1.54, 1.807) is 0 Å². The van der Waals surface area contributed by atoms with E-state index in [1.807, 2.05) is 30.3 Å². The minimum atomic E-state index is 0.119. The third kappa shape index (κ3) is 2.76. The third-order valence-corrected chi connectivity index (χ3v) is 3.78. The van der Waals surface area contributed by atoms with E-state index < -0.39 is 0 Å². The molecule has 3 heteroatoms. The average Bonchev–Trinajstić information content (AvgIpc) is 2.92. The molecule has 0 unspecified atom stereocenters. The van der Waals surface area contributed by atoms with Crippen molar-refractivity contribution in [3.05, 3.63) is 42.5 Å². The summed E-state index contributed by atoms with van der Waals surface area (Å²) in [6.45, 7) is 2.84. The zero-order valence-electron chi connectivity index (χ0n) is 11.0. The summed E-state index contributed by atoms with van der Waals surface area (Å²) in [5.74, 6) is 0.119. The molecule has 0 bridgehead atoms. The van der Waals surface area contributed by atoms with Crippen LogP contribution < -0.4 is 10.2 Å². The second-order valence-corrected chi connectivity index (χ2v) is 5.21. The molecule has 0 radical (unpaired) electrons. The number of carbonyl (C=O) groups excluding carboxylic acids is 1. The quantitative estimate of drug-likeness (QED) is 0.855. The van der Waals surface area contributed by atoms with Crippen molar-refractivity contribution in [1.29, 1.82) is 0 Å². The molecule has 2 N–H and O–H groups in total. The van der Waals surface area contributed by atoms with Gasteiger partial charge in [0.2, 0.25) is 0 Å². The van der Waals surface area contributed by atoms with E-state index in [9.17, 15) is 4.79 Å². The molecule has 2 aromatic rings. The summed E-state index contributed by atoms with van der Waals surface area (Å²) in [4.78, 5) is 13.5. The lowest BCUT2D eigenvalue weighted by molar-refractivity contribution is -0.878. The minimum absolute atomic E-state index is 0.119. The van der Waals surface area contributed by atoms with Crippen LogP contribution in [-0.2, 0) is 4.79 Å². The number of nitrogens with one attached hydrogen (secondary N) is 2. The Balaban J connectivity index is 1.75. The highest BCUT2D eigenvalue weighted by Gasteiger charge is 2.19. The van der Waals surface area contributed by atoms with E-state index in [0.29, 0.717) is 6.54 Å². The monoisotopic (exact) mass is 255 g/mol. The summed E-state index contributed by atoms with van der Waals surface area (Å²) in [7, 11) is 0. The number of hydrogen-bond donors (Lipinski definition) is 2. The van der Waals surface area contributed by atoms with E-state index in [1.165, 1.54) is 17.7 Å². The van der Waals surface area contributed by atoms with Crippen LogP contribution in [-0.4, -0.2) is 25.5 Å². The van der Waals surface area contributed by atoms with Gasteiger partial charge in [-0.25, -0.2) is 0 Å². The van der Waals surface area contributed by atoms with Crippen molar-refractivity contribution in [3.63, 3.8) is 0 Å². The number of amides is 1. The average molecular weight is 255 g/mol. The maximum atomic E-state index is 12.1. The summed E-state index contributed by atoms with van der Waals surface area (Å²) in [5.41, 5.74) is 0.918. The van der Waals surface area contributed by atoms with Crippen molar-refractivity contribution in [2.45, 2.75) is 12.8 Å². The molecule has 1 aliphatic rings. The van der Waals surface area contributed by atoms with Crippen LogP contribution in [0.25, 0.3) is 10.8 Å². The van der Waals surface area contributed by atoms with Gasteiger partial charge in [-0.1, -0.05) is 36.4 Å². The lowest BCUT2D eigenvalue weighted by atomic mass is 10.1. The van der Waals surface area contributed by atoms with Gasteiger partial charge in [0.15, 0.2) is 6.54 Å². The number of quaternary nitrogens is 1. The van der Waals surface area contributed by atoms with Gasteiger partial charge in [0.25, 0.3) is 5.91 Å². The van der Waals surface area contributed by atoms with Gasteiger partial charge in [0, 0.05) is 23.9 Å². The highest BCUT2D eigenvalue weighted by Crippen LogP contribution is 2.22. The molecule has 19 heavy (non-hydrogen) atoms. The van der Waals surface area contributed by atoms with Crippen LogP contribution in [0.15, 0.2) is 42.5 Å². The van der Waals surface area contributed by atoms with Crippen molar-refractivity contribution in [2.75, 3.05) is 25.0 Å². The normalized spacial score (nSPS) is 15.8. The molecule has 3 nitrogen and oxygen atoms in total. The largest absolute Gasteiger partial charge is 0.327 e. The van der Waals surface area contributed by atoms with Gasteiger partial charge >= 0.3 is 0 Å². The Hall–Kier alpha value is -1.87. The minimum Gasteiger partial charge on any atom is -0.327 e. The van der Waals surface area contributed by atoms with E-state index in [0.717, 1.165) is 29.5 Å². The van der Waals surface area contributed by atoms with Crippen LogP contribution in [0.4, 0.5) is 5.69 Å². The van der Waals surface area contributed by atoms with E-state index >= 15 is 0 Å². The molecule has 1 aliphatic heterocycles. The number of hydrogen-bond acceptors (Lipinski definition) is 1. The standard InChI is InChI=1S/C16H18N2O/c19-16(12-18-10-3-4-11-18)17-15-9-5-7-13-6-1-2-8-14(13)15/h1-2,5-9H,3-4,10-12H2,(H,17,19)/p+1. The second-order valence-electron chi connectivity index (χ2n) is 5.21. The summed E-state index contributed by atoms with van der Waals surface area (Å²) < 4.78 is 0. The van der Waals surface area contributed by atoms with Gasteiger partial charge in [-0.3, -0.25) is 4.79 Å². The van der Waals surface area contributed by atoms with Crippen LogP contribution >= 0.6 is 0 Å². The Morgan fingerprint density at radius 3 is 2.63 bits per heavy atom. The zero-order chi connectivity index (χ0) is 13.1. The van der Waals surface area contributed by atoms with Gasteiger partial charge < -0.3 is 10.2 Å². The first-order chi connectivity index (χ1) is 9.33. The number of benzene rings is 2. The second kappa shape index (κ2) is 5.41. The molecule has 1 fully saturated rings. The number of rotatable bonds is 3. The number of fused-ring (bicyclic) bond motifs is 1. The number of carbonyl (C=O) groups is 1. The summed E-state index contributed by atoms with van der Waals surface area (Å²) >= 11 is 0. The van der Waals surface area contributed by atoms with Gasteiger partial charge in [-0.2, -0.15) is 0 Å². The molecule has 0 saturated carbocycles. The lowest BCUT2D eigenvalue weighted by Crippen LogP contribution is -3.11. The van der Waals surface area contributed by atoms with Gasteiger partial charge in [-0.05, 0) is 11.5 Å². The summed E-state index contributed by atoms with van der Waals surface area (Å²) in [6, 6.07) is 14.2. The third-order valence-electron chi connectivity index (χ3n) is 3.78. The van der Waals surface area contributed by atoms with Gasteiger partial charge in [0.1, 0.15) is 0 Å².